The van der Waals surface area contributed by atoms with Crippen LogP contribution in [0.1, 0.15) is 132 Å². The molecule has 204 valence electrons. The minimum atomic E-state index is 0.877. The molecule has 0 N–H and O–H groups in total. The third-order valence-electron chi connectivity index (χ3n) is 7.76. The summed E-state index contributed by atoms with van der Waals surface area (Å²) in [4.78, 5) is 10.00. The second-order valence-corrected chi connectivity index (χ2v) is 10.9. The lowest BCUT2D eigenvalue weighted by atomic mass is 9.94. The summed E-state index contributed by atoms with van der Waals surface area (Å²) in [5.74, 6) is 0. The van der Waals surface area contributed by atoms with Crippen molar-refractivity contribution in [3.05, 3.63) is 57.6 Å². The first-order valence-corrected chi connectivity index (χ1v) is 15.3. The van der Waals surface area contributed by atoms with Crippen molar-refractivity contribution in [2.75, 3.05) is 0 Å². The van der Waals surface area contributed by atoms with Crippen LogP contribution in [0, 0.1) is 20.8 Å². The Morgan fingerprint density at radius 1 is 0.595 bits per heavy atom. The fourth-order valence-corrected chi connectivity index (χ4v) is 5.00. The van der Waals surface area contributed by atoms with Crippen LogP contribution in [-0.2, 0) is 19.3 Å². The van der Waals surface area contributed by atoms with Crippen molar-refractivity contribution in [1.82, 2.24) is 0 Å². The predicted octanol–water partition coefficient (Wildman–Crippen LogP) is 11.1. The van der Waals surface area contributed by atoms with Gasteiger partial charge in [0.25, 0.3) is 0 Å². The number of hydrogen-bond acceptors (Lipinski definition) is 2. The van der Waals surface area contributed by atoms with Gasteiger partial charge in [-0.25, -0.2) is 0 Å². The molecule has 0 fully saturated rings. The summed E-state index contributed by atoms with van der Waals surface area (Å²) in [6.07, 6.45) is 19.3. The molecule has 0 radical (unpaired) electrons. The second kappa shape index (κ2) is 17.3. The number of rotatable bonds is 17. The standard InChI is InChI=1S/C35H54N2/c1-8-12-15-16-17-18-21-32-25-35(24-31(29(32)7)20-14-10-3)37-33(11-4)26-36-34-22-27(5)28(6)30(23-34)19-13-9-2/h22-26H,8-21H2,1-7H3. The second-order valence-electron chi connectivity index (χ2n) is 10.9. The average Bonchev–Trinajstić information content (AvgIpc) is 2.90. The summed E-state index contributed by atoms with van der Waals surface area (Å²) in [6.45, 7) is 15.8. The molecule has 2 aromatic rings. The van der Waals surface area contributed by atoms with Gasteiger partial charge in [-0.1, -0.05) is 72.6 Å². The van der Waals surface area contributed by atoms with Gasteiger partial charge < -0.3 is 0 Å². The van der Waals surface area contributed by atoms with E-state index in [0.29, 0.717) is 0 Å². The SMILES string of the molecule is CCCCCCCCc1cc(N=C(C=Nc2cc(C)c(C)c(CCCC)c2)CC)cc(CCCC)c1C. The van der Waals surface area contributed by atoms with Crippen molar-refractivity contribution in [2.24, 2.45) is 9.98 Å². The summed E-state index contributed by atoms with van der Waals surface area (Å²) in [7, 11) is 0. The van der Waals surface area contributed by atoms with E-state index in [1.807, 2.05) is 6.21 Å². The first kappa shape index (κ1) is 31.0. The van der Waals surface area contributed by atoms with Gasteiger partial charge in [0.2, 0.25) is 0 Å². The smallest absolute Gasteiger partial charge is 0.0639 e. The van der Waals surface area contributed by atoms with Gasteiger partial charge in [0, 0.05) is 6.21 Å². The van der Waals surface area contributed by atoms with Crippen molar-refractivity contribution < 1.29 is 0 Å². The molecule has 0 amide bonds. The summed E-state index contributed by atoms with van der Waals surface area (Å²) in [5.41, 5.74) is 11.8. The van der Waals surface area contributed by atoms with Crippen molar-refractivity contribution >= 4 is 23.3 Å². The lowest BCUT2D eigenvalue weighted by molar-refractivity contribution is 0.607. The maximum absolute atomic E-state index is 5.11. The third-order valence-corrected chi connectivity index (χ3v) is 7.76. The molecule has 0 heterocycles. The normalized spacial score (nSPS) is 12.1. The summed E-state index contributed by atoms with van der Waals surface area (Å²) >= 11 is 0. The zero-order valence-corrected chi connectivity index (χ0v) is 25.2. The van der Waals surface area contributed by atoms with Gasteiger partial charge in [-0.05, 0) is 123 Å². The Bertz CT molecular complexity index is 1010. The fourth-order valence-electron chi connectivity index (χ4n) is 5.00. The molecule has 0 unspecified atom stereocenters. The maximum atomic E-state index is 5.11. The Balaban J connectivity index is 2.27. The first-order valence-electron chi connectivity index (χ1n) is 15.3. The monoisotopic (exact) mass is 502 g/mol. The van der Waals surface area contributed by atoms with Gasteiger partial charge >= 0.3 is 0 Å². The molecule has 0 atom stereocenters. The molecule has 0 aliphatic rings. The number of aliphatic imine (C=N–C) groups is 2. The van der Waals surface area contributed by atoms with Crippen LogP contribution < -0.4 is 0 Å². The lowest BCUT2D eigenvalue weighted by Crippen LogP contribution is -2.00. The Morgan fingerprint density at radius 2 is 1.11 bits per heavy atom. The van der Waals surface area contributed by atoms with Gasteiger partial charge in [0.1, 0.15) is 0 Å². The van der Waals surface area contributed by atoms with Crippen LogP contribution in [0.2, 0.25) is 0 Å². The van der Waals surface area contributed by atoms with Crippen molar-refractivity contribution in [1.29, 1.82) is 0 Å². The number of aryl methyl sites for hydroxylation is 4. The molecular weight excluding hydrogens is 448 g/mol. The molecule has 2 heteroatoms. The zero-order valence-electron chi connectivity index (χ0n) is 25.2. The van der Waals surface area contributed by atoms with Crippen molar-refractivity contribution in [2.45, 2.75) is 138 Å². The molecular formula is C35H54N2. The molecule has 2 rings (SSSR count). The molecule has 0 saturated carbocycles. The van der Waals surface area contributed by atoms with E-state index in [1.165, 1.54) is 104 Å². The van der Waals surface area contributed by atoms with E-state index in [4.69, 9.17) is 9.98 Å². The van der Waals surface area contributed by atoms with E-state index in [9.17, 15) is 0 Å². The van der Waals surface area contributed by atoms with Crippen LogP contribution in [-0.4, -0.2) is 11.9 Å². The zero-order chi connectivity index (χ0) is 27.0. The Hall–Kier alpha value is -2.22. The van der Waals surface area contributed by atoms with Gasteiger partial charge in [0.05, 0.1) is 17.1 Å². The predicted molar refractivity (Wildman–Crippen MR) is 167 cm³/mol. The molecule has 2 nitrogen and oxygen atoms in total. The van der Waals surface area contributed by atoms with Gasteiger partial charge in [-0.3, -0.25) is 9.98 Å². The molecule has 0 aliphatic carbocycles. The summed E-state index contributed by atoms with van der Waals surface area (Å²) in [6, 6.07) is 9.16. The molecule has 37 heavy (non-hydrogen) atoms. The largest absolute Gasteiger partial charge is 0.255 e. The molecule has 0 aromatic heterocycles. The Labute approximate surface area is 229 Å². The quantitative estimate of drug-likeness (QED) is 0.152. The summed E-state index contributed by atoms with van der Waals surface area (Å²) in [5, 5.41) is 0. The fraction of sp³-hybridized carbons (Fsp3) is 0.600. The highest BCUT2D eigenvalue weighted by Crippen LogP contribution is 2.27. The molecule has 0 spiro atoms. The van der Waals surface area contributed by atoms with E-state index in [0.717, 1.165) is 36.3 Å². The van der Waals surface area contributed by atoms with Crippen LogP contribution in [0.4, 0.5) is 11.4 Å². The number of hydrogen-bond donors (Lipinski definition) is 0. The number of benzene rings is 2. The van der Waals surface area contributed by atoms with Crippen LogP contribution in [0.15, 0.2) is 34.3 Å². The lowest BCUT2D eigenvalue weighted by Gasteiger charge is -2.14. The number of unbranched alkanes of at least 4 members (excludes halogenated alkanes) is 7. The van der Waals surface area contributed by atoms with E-state index in [1.54, 1.807) is 0 Å². The highest BCUT2D eigenvalue weighted by molar-refractivity contribution is 6.31. The molecule has 0 saturated heterocycles. The van der Waals surface area contributed by atoms with Crippen LogP contribution in [0.5, 0.6) is 0 Å². The van der Waals surface area contributed by atoms with Crippen molar-refractivity contribution in [3.8, 4) is 0 Å². The van der Waals surface area contributed by atoms with Gasteiger partial charge in [-0.15, -0.1) is 0 Å². The minimum absolute atomic E-state index is 0.877. The van der Waals surface area contributed by atoms with E-state index in [-0.39, 0.29) is 0 Å². The number of nitrogens with zero attached hydrogens (tertiary/aromatic N) is 2. The third kappa shape index (κ3) is 10.6. The average molecular weight is 503 g/mol. The van der Waals surface area contributed by atoms with Gasteiger partial charge in [-0.2, -0.15) is 0 Å². The first-order chi connectivity index (χ1) is 17.9. The van der Waals surface area contributed by atoms with Crippen LogP contribution in [0.3, 0.4) is 0 Å². The van der Waals surface area contributed by atoms with Crippen LogP contribution in [0.25, 0.3) is 0 Å². The highest BCUT2D eigenvalue weighted by Gasteiger charge is 2.09. The Kier molecular flexibility index (Phi) is 14.5. The molecule has 2 aromatic carbocycles. The molecule has 0 aliphatic heterocycles. The van der Waals surface area contributed by atoms with Gasteiger partial charge in [0.15, 0.2) is 0 Å². The van der Waals surface area contributed by atoms with Crippen molar-refractivity contribution in [3.63, 3.8) is 0 Å². The topological polar surface area (TPSA) is 24.7 Å². The Morgan fingerprint density at radius 3 is 1.70 bits per heavy atom. The maximum Gasteiger partial charge on any atom is 0.0639 e. The molecule has 0 bridgehead atoms. The highest BCUT2D eigenvalue weighted by atomic mass is 14.8. The van der Waals surface area contributed by atoms with Crippen LogP contribution >= 0.6 is 0 Å². The summed E-state index contributed by atoms with van der Waals surface area (Å²) < 4.78 is 0. The van der Waals surface area contributed by atoms with E-state index < -0.39 is 0 Å². The van der Waals surface area contributed by atoms with E-state index >= 15 is 0 Å². The minimum Gasteiger partial charge on any atom is -0.255 e. The van der Waals surface area contributed by atoms with E-state index in [2.05, 4.69) is 72.7 Å².